The maximum atomic E-state index is 12.0. The number of likely N-dealkylation sites (tertiary alicyclic amines) is 1. The summed E-state index contributed by atoms with van der Waals surface area (Å²) in [5.41, 5.74) is 5.47. The molecule has 5 heteroatoms. The molecule has 1 amide bonds. The van der Waals surface area contributed by atoms with E-state index >= 15 is 0 Å². The topological polar surface area (TPSA) is 83.6 Å². The van der Waals surface area contributed by atoms with Gasteiger partial charge in [0.25, 0.3) is 0 Å². The van der Waals surface area contributed by atoms with Crippen molar-refractivity contribution >= 4 is 11.9 Å². The zero-order valence-corrected chi connectivity index (χ0v) is 11.1. The Hall–Kier alpha value is -1.10. The zero-order chi connectivity index (χ0) is 13.5. The fourth-order valence-corrected chi connectivity index (χ4v) is 2.36. The van der Waals surface area contributed by atoms with Crippen molar-refractivity contribution in [3.63, 3.8) is 0 Å². The van der Waals surface area contributed by atoms with Crippen LogP contribution in [0.2, 0.25) is 0 Å². The van der Waals surface area contributed by atoms with Crippen LogP contribution in [0.25, 0.3) is 0 Å². The molecule has 1 fully saturated rings. The summed E-state index contributed by atoms with van der Waals surface area (Å²) in [6.07, 6.45) is 3.76. The number of amides is 1. The summed E-state index contributed by atoms with van der Waals surface area (Å²) in [4.78, 5) is 24.6. The summed E-state index contributed by atoms with van der Waals surface area (Å²) in [5.74, 6) is -0.628. The first-order valence-electron chi connectivity index (χ1n) is 6.75. The van der Waals surface area contributed by atoms with E-state index in [1.54, 1.807) is 4.90 Å². The quantitative estimate of drug-likeness (QED) is 0.744. The highest BCUT2D eigenvalue weighted by Crippen LogP contribution is 2.19. The number of carbonyl (C=O) groups is 2. The van der Waals surface area contributed by atoms with Crippen LogP contribution in [0.1, 0.15) is 39.0 Å². The molecule has 0 spiro atoms. The van der Waals surface area contributed by atoms with E-state index in [-0.39, 0.29) is 11.8 Å². The molecule has 0 aromatic carbocycles. The van der Waals surface area contributed by atoms with Crippen LogP contribution >= 0.6 is 0 Å². The van der Waals surface area contributed by atoms with Crippen LogP contribution in [-0.2, 0) is 9.59 Å². The van der Waals surface area contributed by atoms with Crippen molar-refractivity contribution in [2.24, 2.45) is 17.6 Å². The molecule has 0 radical (unpaired) electrons. The third-order valence-electron chi connectivity index (χ3n) is 3.63. The van der Waals surface area contributed by atoms with Crippen molar-refractivity contribution in [3.05, 3.63) is 0 Å². The highest BCUT2D eigenvalue weighted by Gasteiger charge is 2.27. The zero-order valence-electron chi connectivity index (χ0n) is 11.1. The molecule has 2 atom stereocenters. The maximum absolute atomic E-state index is 12.0. The van der Waals surface area contributed by atoms with Gasteiger partial charge in [0, 0.05) is 19.5 Å². The predicted molar refractivity (Wildman–Crippen MR) is 69.0 cm³/mol. The molecule has 104 valence electrons. The van der Waals surface area contributed by atoms with Gasteiger partial charge < -0.3 is 15.7 Å². The number of piperidine rings is 1. The van der Waals surface area contributed by atoms with Gasteiger partial charge in [0.1, 0.15) is 0 Å². The van der Waals surface area contributed by atoms with Gasteiger partial charge >= 0.3 is 5.97 Å². The van der Waals surface area contributed by atoms with Crippen molar-refractivity contribution in [2.45, 2.75) is 39.0 Å². The molecule has 1 aliphatic heterocycles. The van der Waals surface area contributed by atoms with Crippen molar-refractivity contribution in [3.8, 4) is 0 Å². The number of aliphatic carboxylic acids is 1. The number of hydrogen-bond acceptors (Lipinski definition) is 3. The Balaban J connectivity index is 2.34. The lowest BCUT2D eigenvalue weighted by atomic mass is 9.97. The van der Waals surface area contributed by atoms with Crippen LogP contribution in [0, 0.1) is 11.8 Å². The van der Waals surface area contributed by atoms with E-state index in [1.165, 1.54) is 0 Å². The standard InChI is InChI=1S/C13H24N2O3/c1-10(6-7-14)4-5-12(16)15-8-2-3-11(9-15)13(17)18/h10-11H,2-9,14H2,1H3,(H,17,18)/t10?,11-/m0/s1. The first-order chi connectivity index (χ1) is 8.54. The summed E-state index contributed by atoms with van der Waals surface area (Å²) < 4.78 is 0. The molecule has 1 heterocycles. The molecule has 0 aliphatic carbocycles. The summed E-state index contributed by atoms with van der Waals surface area (Å²) in [5, 5.41) is 8.97. The van der Waals surface area contributed by atoms with Crippen molar-refractivity contribution in [1.29, 1.82) is 0 Å². The Labute approximate surface area is 108 Å². The average molecular weight is 256 g/mol. The van der Waals surface area contributed by atoms with Crippen molar-refractivity contribution in [1.82, 2.24) is 4.90 Å². The normalized spacial score (nSPS) is 21.7. The molecule has 3 N–H and O–H groups in total. The molecule has 0 bridgehead atoms. The van der Waals surface area contributed by atoms with E-state index in [1.807, 2.05) is 0 Å². The summed E-state index contributed by atoms with van der Waals surface area (Å²) >= 11 is 0. The van der Waals surface area contributed by atoms with Gasteiger partial charge in [-0.25, -0.2) is 0 Å². The van der Waals surface area contributed by atoms with Gasteiger partial charge in [0.2, 0.25) is 5.91 Å². The fourth-order valence-electron chi connectivity index (χ4n) is 2.36. The summed E-state index contributed by atoms with van der Waals surface area (Å²) in [6.45, 7) is 3.82. The number of nitrogens with two attached hydrogens (primary N) is 1. The smallest absolute Gasteiger partial charge is 0.308 e. The molecular weight excluding hydrogens is 232 g/mol. The highest BCUT2D eigenvalue weighted by molar-refractivity contribution is 5.78. The van der Waals surface area contributed by atoms with Crippen LogP contribution in [0.4, 0.5) is 0 Å². The van der Waals surface area contributed by atoms with E-state index in [0.717, 1.165) is 19.3 Å². The maximum Gasteiger partial charge on any atom is 0.308 e. The van der Waals surface area contributed by atoms with Gasteiger partial charge in [0.15, 0.2) is 0 Å². The number of carbonyl (C=O) groups excluding carboxylic acids is 1. The van der Waals surface area contributed by atoms with Gasteiger partial charge in [-0.15, -0.1) is 0 Å². The van der Waals surface area contributed by atoms with Crippen LogP contribution in [0.3, 0.4) is 0 Å². The van der Waals surface area contributed by atoms with Gasteiger partial charge in [-0.3, -0.25) is 9.59 Å². The molecule has 1 saturated heterocycles. The van der Waals surface area contributed by atoms with Gasteiger partial charge in [-0.2, -0.15) is 0 Å². The Bertz CT molecular complexity index is 294. The monoisotopic (exact) mass is 256 g/mol. The Morgan fingerprint density at radius 2 is 2.17 bits per heavy atom. The molecule has 5 nitrogen and oxygen atoms in total. The van der Waals surface area contributed by atoms with Gasteiger partial charge in [-0.05, 0) is 38.1 Å². The fraction of sp³-hybridized carbons (Fsp3) is 0.846. The van der Waals surface area contributed by atoms with Crippen molar-refractivity contribution < 1.29 is 14.7 Å². The second kappa shape index (κ2) is 7.36. The average Bonchev–Trinajstić information content (AvgIpc) is 2.36. The lowest BCUT2D eigenvalue weighted by Crippen LogP contribution is -2.42. The van der Waals surface area contributed by atoms with E-state index < -0.39 is 5.97 Å². The number of hydrogen-bond donors (Lipinski definition) is 2. The van der Waals surface area contributed by atoms with E-state index in [4.69, 9.17) is 10.8 Å². The Morgan fingerprint density at radius 1 is 1.44 bits per heavy atom. The summed E-state index contributed by atoms with van der Waals surface area (Å²) in [6, 6.07) is 0. The first kappa shape index (κ1) is 15.0. The number of carboxylic acids is 1. The van der Waals surface area contributed by atoms with E-state index in [9.17, 15) is 9.59 Å². The third kappa shape index (κ3) is 4.64. The van der Waals surface area contributed by atoms with Crippen LogP contribution in [0.5, 0.6) is 0 Å². The lowest BCUT2D eigenvalue weighted by molar-refractivity contribution is -0.145. The first-order valence-corrected chi connectivity index (χ1v) is 6.75. The second-order valence-corrected chi connectivity index (χ2v) is 5.24. The molecule has 1 aliphatic rings. The lowest BCUT2D eigenvalue weighted by Gasteiger charge is -2.31. The number of carboxylic acid groups (broad SMARTS) is 1. The third-order valence-corrected chi connectivity index (χ3v) is 3.63. The van der Waals surface area contributed by atoms with Gasteiger partial charge in [0.05, 0.1) is 5.92 Å². The SMILES string of the molecule is CC(CCN)CCC(=O)N1CCC[C@H](C(=O)O)C1. The summed E-state index contributed by atoms with van der Waals surface area (Å²) in [7, 11) is 0. The van der Waals surface area contributed by atoms with E-state index in [2.05, 4.69) is 6.92 Å². The molecular formula is C13H24N2O3. The Kier molecular flexibility index (Phi) is 6.12. The number of rotatable bonds is 6. The molecule has 1 unspecified atom stereocenters. The van der Waals surface area contributed by atoms with Crippen molar-refractivity contribution in [2.75, 3.05) is 19.6 Å². The minimum atomic E-state index is -0.788. The molecule has 0 aromatic rings. The number of nitrogens with zero attached hydrogens (tertiary/aromatic N) is 1. The van der Waals surface area contributed by atoms with Crippen LogP contribution in [-0.4, -0.2) is 41.5 Å². The molecule has 18 heavy (non-hydrogen) atoms. The minimum Gasteiger partial charge on any atom is -0.481 e. The largest absolute Gasteiger partial charge is 0.481 e. The van der Waals surface area contributed by atoms with Crippen LogP contribution in [0.15, 0.2) is 0 Å². The minimum absolute atomic E-state index is 0.0878. The van der Waals surface area contributed by atoms with Gasteiger partial charge in [-0.1, -0.05) is 6.92 Å². The van der Waals surface area contributed by atoms with E-state index in [0.29, 0.717) is 38.4 Å². The predicted octanol–water partition coefficient (Wildman–Crippen LogP) is 1.07. The second-order valence-electron chi connectivity index (χ2n) is 5.24. The molecule has 0 aromatic heterocycles. The molecule has 0 saturated carbocycles. The van der Waals surface area contributed by atoms with Crippen LogP contribution < -0.4 is 5.73 Å². The highest BCUT2D eigenvalue weighted by atomic mass is 16.4. The Morgan fingerprint density at radius 3 is 2.78 bits per heavy atom. The molecule has 1 rings (SSSR count).